The molecule has 0 radical (unpaired) electrons. The first-order valence-electron chi connectivity index (χ1n) is 7.57. The fraction of sp³-hybridized carbons (Fsp3) is 0.118. The number of aromatic nitrogens is 4. The van der Waals surface area contributed by atoms with Crippen LogP contribution in [-0.4, -0.2) is 26.4 Å². The van der Waals surface area contributed by atoms with Crippen molar-refractivity contribution in [3.63, 3.8) is 0 Å². The molecule has 0 spiro atoms. The Kier molecular flexibility index (Phi) is 2.64. The van der Waals surface area contributed by atoms with Gasteiger partial charge in [-0.2, -0.15) is 0 Å². The molecular weight excluding hydrogens is 306 g/mol. The normalized spacial score (nSPS) is 12.9. The number of aryl methyl sites for hydroxylation is 1. The van der Waals surface area contributed by atoms with E-state index in [4.69, 9.17) is 14.5 Å². The number of hydrogen-bond acceptors (Lipinski definition) is 6. The van der Waals surface area contributed by atoms with Gasteiger partial charge in [0, 0.05) is 17.1 Å². The topological polar surface area (TPSA) is 73.6 Å². The quantitative estimate of drug-likeness (QED) is 0.612. The van der Waals surface area contributed by atoms with Crippen molar-refractivity contribution in [1.29, 1.82) is 0 Å². The Labute approximate surface area is 136 Å². The van der Waals surface area contributed by atoms with Crippen molar-refractivity contribution in [3.8, 4) is 11.5 Å². The molecule has 24 heavy (non-hydrogen) atoms. The highest BCUT2D eigenvalue weighted by atomic mass is 16.7. The number of benzene rings is 2. The molecule has 2 aromatic carbocycles. The monoisotopic (exact) mass is 319 g/mol. The van der Waals surface area contributed by atoms with E-state index in [0.29, 0.717) is 5.95 Å². The van der Waals surface area contributed by atoms with Gasteiger partial charge in [0.15, 0.2) is 17.1 Å². The Balaban J connectivity index is 1.69. The van der Waals surface area contributed by atoms with Crippen LogP contribution in [0.2, 0.25) is 0 Å². The fourth-order valence-corrected chi connectivity index (χ4v) is 2.90. The van der Waals surface area contributed by atoms with Gasteiger partial charge in [-0.05, 0) is 31.2 Å². The summed E-state index contributed by atoms with van der Waals surface area (Å²) in [6.07, 6.45) is 0. The van der Waals surface area contributed by atoms with Crippen LogP contribution < -0.4 is 14.8 Å². The van der Waals surface area contributed by atoms with Crippen molar-refractivity contribution in [2.75, 3.05) is 12.1 Å². The first-order valence-corrected chi connectivity index (χ1v) is 7.57. The number of fused-ring (bicyclic) bond motifs is 4. The molecule has 118 valence electrons. The molecule has 1 aliphatic rings. The summed E-state index contributed by atoms with van der Waals surface area (Å²) in [5.74, 6) is 2.90. The van der Waals surface area contributed by atoms with E-state index in [1.807, 2.05) is 53.8 Å². The largest absolute Gasteiger partial charge is 0.454 e. The first kappa shape index (κ1) is 13.1. The molecule has 1 aliphatic heterocycles. The summed E-state index contributed by atoms with van der Waals surface area (Å²) < 4.78 is 12.7. The van der Waals surface area contributed by atoms with Crippen molar-refractivity contribution in [3.05, 3.63) is 48.3 Å². The summed E-state index contributed by atoms with van der Waals surface area (Å²) in [7, 11) is 0. The lowest BCUT2D eigenvalue weighted by molar-refractivity contribution is 0.174. The van der Waals surface area contributed by atoms with E-state index in [9.17, 15) is 0 Å². The second-order valence-electron chi connectivity index (χ2n) is 5.55. The van der Waals surface area contributed by atoms with Gasteiger partial charge in [-0.25, -0.2) is 9.38 Å². The second kappa shape index (κ2) is 4.82. The average molecular weight is 319 g/mol. The number of ether oxygens (including phenoxy) is 2. The highest BCUT2D eigenvalue weighted by molar-refractivity contribution is 5.92. The number of para-hydroxylation sites is 1. The van der Waals surface area contributed by atoms with Gasteiger partial charge in [0.25, 0.3) is 0 Å². The summed E-state index contributed by atoms with van der Waals surface area (Å²) in [5.41, 5.74) is 2.50. The number of nitrogens with zero attached hydrogens (tertiary/aromatic N) is 4. The maximum atomic E-state index is 5.43. The molecule has 7 heteroatoms. The van der Waals surface area contributed by atoms with Crippen LogP contribution in [-0.2, 0) is 0 Å². The molecule has 7 nitrogen and oxygen atoms in total. The molecule has 3 heterocycles. The third kappa shape index (κ3) is 1.88. The first-order chi connectivity index (χ1) is 11.8. The van der Waals surface area contributed by atoms with Gasteiger partial charge in [-0.3, -0.25) is 0 Å². The Morgan fingerprint density at radius 2 is 1.92 bits per heavy atom. The predicted molar refractivity (Wildman–Crippen MR) is 88.9 cm³/mol. The molecule has 0 bridgehead atoms. The summed E-state index contributed by atoms with van der Waals surface area (Å²) >= 11 is 0. The van der Waals surface area contributed by atoms with Crippen molar-refractivity contribution in [2.45, 2.75) is 6.92 Å². The van der Waals surface area contributed by atoms with E-state index in [1.165, 1.54) is 0 Å². The summed E-state index contributed by atoms with van der Waals surface area (Å²) in [5, 5.41) is 12.8. The molecule has 0 unspecified atom stereocenters. The number of anilines is 2. The number of hydrogen-bond donors (Lipinski definition) is 1. The molecule has 5 rings (SSSR count). The third-order valence-electron chi connectivity index (χ3n) is 4.04. The molecule has 0 atom stereocenters. The predicted octanol–water partition coefficient (Wildman–Crippen LogP) is 3.06. The Morgan fingerprint density at radius 3 is 2.88 bits per heavy atom. The van der Waals surface area contributed by atoms with Crippen LogP contribution in [0.25, 0.3) is 16.6 Å². The minimum Gasteiger partial charge on any atom is -0.454 e. The van der Waals surface area contributed by atoms with Gasteiger partial charge >= 0.3 is 0 Å². The van der Waals surface area contributed by atoms with Crippen molar-refractivity contribution in [1.82, 2.24) is 19.6 Å². The molecule has 0 saturated carbocycles. The second-order valence-corrected chi connectivity index (χ2v) is 5.55. The zero-order chi connectivity index (χ0) is 16.1. The van der Waals surface area contributed by atoms with Crippen LogP contribution in [0, 0.1) is 6.92 Å². The lowest BCUT2D eigenvalue weighted by Gasteiger charge is -2.11. The summed E-state index contributed by atoms with van der Waals surface area (Å²) in [6, 6.07) is 13.6. The van der Waals surface area contributed by atoms with E-state index in [-0.39, 0.29) is 6.79 Å². The molecule has 0 fully saturated rings. The zero-order valence-corrected chi connectivity index (χ0v) is 12.9. The Morgan fingerprint density at radius 1 is 1.04 bits per heavy atom. The third-order valence-corrected chi connectivity index (χ3v) is 4.04. The van der Waals surface area contributed by atoms with E-state index >= 15 is 0 Å². The van der Waals surface area contributed by atoms with Gasteiger partial charge in [-0.1, -0.05) is 12.1 Å². The van der Waals surface area contributed by atoms with E-state index in [1.54, 1.807) is 0 Å². The number of rotatable bonds is 2. The average Bonchev–Trinajstić information content (AvgIpc) is 3.21. The maximum absolute atomic E-state index is 5.43. The molecule has 2 aromatic heterocycles. The van der Waals surface area contributed by atoms with Gasteiger partial charge in [0.2, 0.25) is 12.7 Å². The van der Waals surface area contributed by atoms with E-state index in [2.05, 4.69) is 15.5 Å². The van der Waals surface area contributed by atoms with Crippen molar-refractivity contribution < 1.29 is 9.47 Å². The lowest BCUT2D eigenvalue weighted by atomic mass is 10.2. The van der Waals surface area contributed by atoms with Crippen LogP contribution >= 0.6 is 0 Å². The highest BCUT2D eigenvalue weighted by Crippen LogP contribution is 2.35. The highest BCUT2D eigenvalue weighted by Gasteiger charge is 2.16. The van der Waals surface area contributed by atoms with Crippen LogP contribution in [0.5, 0.6) is 11.5 Å². The summed E-state index contributed by atoms with van der Waals surface area (Å²) in [6.45, 7) is 2.16. The Bertz CT molecular complexity index is 1090. The minimum absolute atomic E-state index is 0.252. The van der Waals surface area contributed by atoms with Gasteiger partial charge in [-0.15, -0.1) is 10.2 Å². The minimum atomic E-state index is 0.252. The molecule has 1 N–H and O–H groups in total. The smallest absolute Gasteiger partial charge is 0.231 e. The van der Waals surface area contributed by atoms with Crippen LogP contribution in [0.4, 0.5) is 11.6 Å². The van der Waals surface area contributed by atoms with E-state index in [0.717, 1.165) is 39.6 Å². The van der Waals surface area contributed by atoms with Crippen LogP contribution in [0.1, 0.15) is 5.82 Å². The zero-order valence-electron chi connectivity index (χ0n) is 12.9. The van der Waals surface area contributed by atoms with Gasteiger partial charge in [0.1, 0.15) is 5.82 Å². The maximum Gasteiger partial charge on any atom is 0.231 e. The molecular formula is C17H13N5O2. The van der Waals surface area contributed by atoms with Crippen LogP contribution in [0.3, 0.4) is 0 Å². The Hall–Kier alpha value is -3.35. The van der Waals surface area contributed by atoms with Crippen molar-refractivity contribution in [2.24, 2.45) is 0 Å². The molecule has 0 aliphatic carbocycles. The van der Waals surface area contributed by atoms with Crippen molar-refractivity contribution >= 4 is 28.2 Å². The van der Waals surface area contributed by atoms with Gasteiger partial charge in [0.05, 0.1) is 5.52 Å². The van der Waals surface area contributed by atoms with E-state index < -0.39 is 0 Å². The number of nitrogens with one attached hydrogen (secondary N) is 1. The standard InChI is InChI=1S/C17H13N5O2/c1-10-20-21-16-12-4-2-3-5-13(12)19-17(22(10)16)18-11-6-7-14-15(8-11)24-9-23-14/h2-8H,9H2,1H3,(H,18,19). The fourth-order valence-electron chi connectivity index (χ4n) is 2.90. The van der Waals surface area contributed by atoms with Crippen LogP contribution in [0.15, 0.2) is 42.5 Å². The molecule has 4 aromatic rings. The molecule has 0 amide bonds. The summed E-state index contributed by atoms with van der Waals surface area (Å²) in [4.78, 5) is 4.73. The van der Waals surface area contributed by atoms with Gasteiger partial charge < -0.3 is 14.8 Å². The lowest BCUT2D eigenvalue weighted by Crippen LogP contribution is -2.03. The molecule has 0 saturated heterocycles. The SMILES string of the molecule is Cc1nnc2c3ccccc3nc(Nc3ccc4c(c3)OCO4)n12.